The van der Waals surface area contributed by atoms with Crippen molar-refractivity contribution in [2.75, 3.05) is 45.3 Å². The number of ether oxygens (including phenoxy) is 2. The van der Waals surface area contributed by atoms with Crippen molar-refractivity contribution in [2.45, 2.75) is 0 Å². The Hall–Kier alpha value is -2.28. The van der Waals surface area contributed by atoms with Gasteiger partial charge in [0.05, 0.1) is 14.2 Å². The molecule has 112 valence electrons. The van der Waals surface area contributed by atoms with E-state index < -0.39 is 0 Å². The van der Waals surface area contributed by atoms with Gasteiger partial charge in [0, 0.05) is 31.7 Å². The third kappa shape index (κ3) is 2.78. The number of methoxy groups -OCH3 is 2. The first kappa shape index (κ1) is 13.7. The minimum absolute atomic E-state index is 0.546. The Bertz CT molecular complexity index is 608. The summed E-state index contributed by atoms with van der Waals surface area (Å²) in [5, 5.41) is 7.34. The molecule has 0 bridgehead atoms. The highest BCUT2D eigenvalue weighted by Crippen LogP contribution is 2.31. The fourth-order valence-corrected chi connectivity index (χ4v) is 2.29. The number of anilines is 1. The van der Waals surface area contributed by atoms with E-state index in [1.807, 2.05) is 18.2 Å². The summed E-state index contributed by atoms with van der Waals surface area (Å²) in [7, 11) is 3.21. The van der Waals surface area contributed by atoms with E-state index in [2.05, 4.69) is 20.4 Å². The molecule has 2 aromatic rings. The molecule has 7 heteroatoms. The van der Waals surface area contributed by atoms with E-state index in [-0.39, 0.29) is 0 Å². The lowest BCUT2D eigenvalue weighted by Gasteiger charge is -2.24. The molecule has 1 saturated heterocycles. The molecule has 1 fully saturated rings. The van der Waals surface area contributed by atoms with Gasteiger partial charge < -0.3 is 24.2 Å². The second-order valence-electron chi connectivity index (χ2n) is 4.71. The number of nitrogens with zero attached hydrogens (tertiary/aromatic N) is 3. The number of hydrogen-bond donors (Lipinski definition) is 1. The van der Waals surface area contributed by atoms with Gasteiger partial charge in [0.15, 0.2) is 11.5 Å². The lowest BCUT2D eigenvalue weighted by molar-refractivity contribution is 0.355. The van der Waals surface area contributed by atoms with Crippen LogP contribution in [0.15, 0.2) is 22.7 Å². The average Bonchev–Trinajstić information content (AvgIpc) is 3.05. The van der Waals surface area contributed by atoms with Crippen molar-refractivity contribution in [3.05, 3.63) is 18.2 Å². The van der Waals surface area contributed by atoms with Crippen LogP contribution >= 0.6 is 0 Å². The fourth-order valence-electron chi connectivity index (χ4n) is 2.29. The summed E-state index contributed by atoms with van der Waals surface area (Å²) in [5.74, 6) is 1.86. The van der Waals surface area contributed by atoms with Gasteiger partial charge in [0.2, 0.25) is 5.82 Å². The number of nitrogens with one attached hydrogen (secondary N) is 1. The number of rotatable bonds is 4. The van der Waals surface area contributed by atoms with Gasteiger partial charge in [-0.15, -0.1) is 0 Å². The van der Waals surface area contributed by atoms with Crippen molar-refractivity contribution in [3.63, 3.8) is 0 Å². The summed E-state index contributed by atoms with van der Waals surface area (Å²) in [6.45, 7) is 3.59. The number of benzene rings is 1. The van der Waals surface area contributed by atoms with Gasteiger partial charge in [-0.05, 0) is 18.2 Å². The van der Waals surface area contributed by atoms with Crippen LogP contribution in [-0.2, 0) is 0 Å². The van der Waals surface area contributed by atoms with Crippen LogP contribution in [0, 0.1) is 0 Å². The number of aromatic nitrogens is 2. The largest absolute Gasteiger partial charge is 0.493 e. The molecular formula is C14H18N4O3. The van der Waals surface area contributed by atoms with Crippen molar-refractivity contribution in [3.8, 4) is 22.9 Å². The van der Waals surface area contributed by atoms with E-state index in [1.54, 1.807) is 14.2 Å². The zero-order valence-electron chi connectivity index (χ0n) is 12.1. The second-order valence-corrected chi connectivity index (χ2v) is 4.71. The Morgan fingerprint density at radius 2 is 1.90 bits per heavy atom. The lowest BCUT2D eigenvalue weighted by atomic mass is 10.2. The summed E-state index contributed by atoms with van der Waals surface area (Å²) in [5.41, 5.74) is 0.831. The third-order valence-electron chi connectivity index (χ3n) is 3.44. The summed E-state index contributed by atoms with van der Waals surface area (Å²) < 4.78 is 15.9. The minimum atomic E-state index is 0.546. The van der Waals surface area contributed by atoms with E-state index >= 15 is 0 Å². The van der Waals surface area contributed by atoms with Crippen molar-refractivity contribution in [1.29, 1.82) is 0 Å². The monoisotopic (exact) mass is 290 g/mol. The highest BCUT2D eigenvalue weighted by Gasteiger charge is 2.18. The third-order valence-corrected chi connectivity index (χ3v) is 3.44. The average molecular weight is 290 g/mol. The normalized spacial score (nSPS) is 15.0. The second kappa shape index (κ2) is 6.01. The zero-order chi connectivity index (χ0) is 14.7. The van der Waals surface area contributed by atoms with Gasteiger partial charge in [-0.1, -0.05) is 5.16 Å². The molecule has 1 aliphatic rings. The predicted octanol–water partition coefficient (Wildman–Crippen LogP) is 1.16. The topological polar surface area (TPSA) is 72.7 Å². The maximum absolute atomic E-state index is 5.35. The molecule has 0 unspecified atom stereocenters. The molecule has 0 radical (unpaired) electrons. The van der Waals surface area contributed by atoms with Crippen molar-refractivity contribution < 1.29 is 14.0 Å². The molecule has 0 spiro atoms. The Morgan fingerprint density at radius 3 is 2.62 bits per heavy atom. The highest BCUT2D eigenvalue weighted by molar-refractivity contribution is 5.61. The van der Waals surface area contributed by atoms with Gasteiger partial charge in [-0.25, -0.2) is 0 Å². The van der Waals surface area contributed by atoms with Crippen LogP contribution in [-0.4, -0.2) is 50.5 Å². The van der Waals surface area contributed by atoms with E-state index in [0.717, 1.165) is 31.7 Å². The molecule has 0 amide bonds. The van der Waals surface area contributed by atoms with E-state index in [4.69, 9.17) is 14.0 Å². The quantitative estimate of drug-likeness (QED) is 0.906. The van der Waals surface area contributed by atoms with Crippen LogP contribution in [0.25, 0.3) is 11.4 Å². The van der Waals surface area contributed by atoms with Gasteiger partial charge in [-0.2, -0.15) is 4.98 Å². The van der Waals surface area contributed by atoms with Crippen LogP contribution in [0.3, 0.4) is 0 Å². The molecule has 3 rings (SSSR count). The molecule has 7 nitrogen and oxygen atoms in total. The number of hydrogen-bond acceptors (Lipinski definition) is 7. The van der Waals surface area contributed by atoms with Gasteiger partial charge in [0.1, 0.15) is 0 Å². The van der Waals surface area contributed by atoms with Crippen molar-refractivity contribution >= 4 is 6.01 Å². The van der Waals surface area contributed by atoms with Crippen LogP contribution in [0.2, 0.25) is 0 Å². The van der Waals surface area contributed by atoms with Crippen LogP contribution < -0.4 is 19.7 Å². The fraction of sp³-hybridized carbons (Fsp3) is 0.429. The van der Waals surface area contributed by atoms with Crippen LogP contribution in [0.1, 0.15) is 0 Å². The molecule has 1 aromatic heterocycles. The molecule has 1 N–H and O–H groups in total. The molecule has 21 heavy (non-hydrogen) atoms. The lowest BCUT2D eigenvalue weighted by Crippen LogP contribution is -2.43. The summed E-state index contributed by atoms with van der Waals surface area (Å²) in [4.78, 5) is 6.54. The SMILES string of the molecule is COc1ccc(-c2noc(N3CCNCC3)n2)cc1OC. The highest BCUT2D eigenvalue weighted by atomic mass is 16.5. The van der Waals surface area contributed by atoms with Gasteiger partial charge in [-0.3, -0.25) is 0 Å². The molecule has 1 aromatic carbocycles. The smallest absolute Gasteiger partial charge is 0.324 e. The Kier molecular flexibility index (Phi) is 3.92. The van der Waals surface area contributed by atoms with Gasteiger partial charge in [0.25, 0.3) is 0 Å². The first-order valence-electron chi connectivity index (χ1n) is 6.83. The standard InChI is InChI=1S/C14H18N4O3/c1-19-11-4-3-10(9-12(11)20-2)13-16-14(21-17-13)18-7-5-15-6-8-18/h3-4,9,15H,5-8H2,1-2H3. The van der Waals surface area contributed by atoms with Crippen LogP contribution in [0.4, 0.5) is 6.01 Å². The Morgan fingerprint density at radius 1 is 1.14 bits per heavy atom. The Labute approximate surface area is 122 Å². The first-order chi connectivity index (χ1) is 10.3. The van der Waals surface area contributed by atoms with Crippen LogP contribution in [0.5, 0.6) is 11.5 Å². The zero-order valence-corrected chi connectivity index (χ0v) is 12.1. The van der Waals surface area contributed by atoms with E-state index in [0.29, 0.717) is 23.3 Å². The predicted molar refractivity (Wildman–Crippen MR) is 77.9 cm³/mol. The first-order valence-corrected chi connectivity index (χ1v) is 6.83. The summed E-state index contributed by atoms with van der Waals surface area (Å²) in [6, 6.07) is 6.11. The molecular weight excluding hydrogens is 272 g/mol. The molecule has 2 heterocycles. The van der Waals surface area contributed by atoms with Crippen molar-refractivity contribution in [1.82, 2.24) is 15.5 Å². The molecule has 0 aliphatic carbocycles. The molecule has 1 aliphatic heterocycles. The van der Waals surface area contributed by atoms with E-state index in [1.165, 1.54) is 0 Å². The van der Waals surface area contributed by atoms with Crippen molar-refractivity contribution in [2.24, 2.45) is 0 Å². The minimum Gasteiger partial charge on any atom is -0.493 e. The maximum Gasteiger partial charge on any atom is 0.324 e. The Balaban J connectivity index is 1.85. The summed E-state index contributed by atoms with van der Waals surface area (Å²) >= 11 is 0. The maximum atomic E-state index is 5.35. The van der Waals surface area contributed by atoms with Gasteiger partial charge >= 0.3 is 6.01 Å². The van der Waals surface area contributed by atoms with E-state index in [9.17, 15) is 0 Å². The number of piperazine rings is 1. The summed E-state index contributed by atoms with van der Waals surface area (Å²) in [6.07, 6.45) is 0. The molecule has 0 atom stereocenters. The molecule has 0 saturated carbocycles.